The maximum absolute atomic E-state index is 14.3. The first-order chi connectivity index (χ1) is 12.0. The second-order valence-corrected chi connectivity index (χ2v) is 5.18. The van der Waals surface area contributed by atoms with Gasteiger partial charge in [-0.2, -0.15) is 0 Å². The zero-order valence-corrected chi connectivity index (χ0v) is 12.8. The highest BCUT2D eigenvalue weighted by Crippen LogP contribution is 2.40. The summed E-state index contributed by atoms with van der Waals surface area (Å²) in [7, 11) is 0. The van der Waals surface area contributed by atoms with Gasteiger partial charge in [0.25, 0.3) is 5.91 Å². The van der Waals surface area contributed by atoms with Gasteiger partial charge in [0.15, 0.2) is 23.3 Å². The Bertz CT molecular complexity index is 935. The number of hydrogen-bond donors (Lipinski definition) is 3. The molecule has 8 heteroatoms. The van der Waals surface area contributed by atoms with Crippen LogP contribution in [-0.2, 0) is 0 Å². The maximum Gasteiger partial charge on any atom is 0.261 e. The minimum atomic E-state index is -1.21. The fourth-order valence-corrected chi connectivity index (χ4v) is 2.52. The Labute approximate surface area is 141 Å². The van der Waals surface area contributed by atoms with Gasteiger partial charge in [-0.05, 0) is 12.1 Å². The van der Waals surface area contributed by atoms with Crippen LogP contribution in [0.15, 0.2) is 35.3 Å². The monoisotopic (exact) mass is 342 g/mol. The molecule has 3 N–H and O–H groups in total. The van der Waals surface area contributed by atoms with E-state index in [9.17, 15) is 18.7 Å². The number of phenols is 1. The lowest BCUT2D eigenvalue weighted by atomic mass is 9.95. The molecule has 126 valence electrons. The van der Waals surface area contributed by atoms with E-state index in [0.29, 0.717) is 13.1 Å². The summed E-state index contributed by atoms with van der Waals surface area (Å²) in [6.07, 6.45) is 0. The molecule has 0 unspecified atom stereocenters. The molecule has 6 nitrogen and oxygen atoms in total. The highest BCUT2D eigenvalue weighted by molar-refractivity contribution is 6.12. The molecule has 0 saturated carbocycles. The van der Waals surface area contributed by atoms with Crippen LogP contribution in [0, 0.1) is 18.2 Å². The molecule has 25 heavy (non-hydrogen) atoms. The number of nitrogens with one attached hydrogen (secondary N) is 2. The van der Waals surface area contributed by atoms with Gasteiger partial charge in [-0.1, -0.05) is 18.2 Å². The summed E-state index contributed by atoms with van der Waals surface area (Å²) in [5.74, 6) is -3.35. The van der Waals surface area contributed by atoms with Crippen molar-refractivity contribution in [1.29, 1.82) is 0 Å². The fraction of sp³-hybridized carbons (Fsp3) is 0.118. The van der Waals surface area contributed by atoms with Crippen molar-refractivity contribution in [2.45, 2.75) is 0 Å². The van der Waals surface area contributed by atoms with Gasteiger partial charge in [0.05, 0.1) is 18.7 Å². The van der Waals surface area contributed by atoms with E-state index in [1.54, 1.807) is 0 Å². The molecule has 0 spiro atoms. The third kappa shape index (κ3) is 2.99. The number of carbonyl (C=O) groups excluding carboxylic acids is 1. The Hall–Kier alpha value is -3.47. The zero-order valence-electron chi connectivity index (χ0n) is 12.8. The normalized spacial score (nSPS) is 12.9. The predicted octanol–water partition coefficient (Wildman–Crippen LogP) is 2.58. The number of aliphatic imine (C=N–C) groups is 1. The standard InChI is InChI=1S/C17H12F2N4O2/c1-20-11-5-6-12(24)14(16(25)23-17-21-7-8-22-17)13(11)9-3-2-4-10(18)15(9)19/h2-6,24H,7-8H2,(H2,21,22,23,25). The first-order valence-corrected chi connectivity index (χ1v) is 7.30. The van der Waals surface area contributed by atoms with Crippen LogP contribution in [0.4, 0.5) is 14.5 Å². The minimum Gasteiger partial charge on any atom is -0.507 e. The van der Waals surface area contributed by atoms with Gasteiger partial charge in [-0.25, -0.2) is 13.6 Å². The summed E-state index contributed by atoms with van der Waals surface area (Å²) in [5, 5.41) is 15.4. The molecule has 1 aliphatic heterocycles. The Balaban J connectivity index is 2.19. The van der Waals surface area contributed by atoms with E-state index in [0.717, 1.165) is 12.1 Å². The zero-order chi connectivity index (χ0) is 18.0. The largest absolute Gasteiger partial charge is 0.507 e. The maximum atomic E-state index is 14.3. The number of guanidine groups is 1. The van der Waals surface area contributed by atoms with Crippen molar-refractivity contribution in [3.63, 3.8) is 0 Å². The number of rotatable bonds is 2. The van der Waals surface area contributed by atoms with Gasteiger partial charge in [0, 0.05) is 17.7 Å². The van der Waals surface area contributed by atoms with E-state index < -0.39 is 23.3 Å². The number of aromatic hydroxyl groups is 1. The average molecular weight is 342 g/mol. The van der Waals surface area contributed by atoms with E-state index in [1.165, 1.54) is 18.2 Å². The third-order valence-corrected chi connectivity index (χ3v) is 3.64. The summed E-state index contributed by atoms with van der Waals surface area (Å²) in [5.41, 5.74) is -0.875. The Morgan fingerprint density at radius 2 is 2.12 bits per heavy atom. The van der Waals surface area contributed by atoms with Crippen LogP contribution < -0.4 is 10.6 Å². The fourth-order valence-electron chi connectivity index (χ4n) is 2.52. The van der Waals surface area contributed by atoms with Crippen molar-refractivity contribution >= 4 is 17.6 Å². The number of amides is 1. The molecule has 2 aromatic rings. The number of nitrogens with zero attached hydrogens (tertiary/aromatic N) is 2. The number of phenolic OH excluding ortho intramolecular Hbond substituents is 1. The first-order valence-electron chi connectivity index (χ1n) is 7.30. The SMILES string of the molecule is [C-]#[N+]c1ccc(O)c(C(=O)NC2=NCCN2)c1-c1cccc(F)c1F. The Morgan fingerprint density at radius 3 is 2.80 bits per heavy atom. The summed E-state index contributed by atoms with van der Waals surface area (Å²) in [6, 6.07) is 5.83. The van der Waals surface area contributed by atoms with Crippen LogP contribution >= 0.6 is 0 Å². The molecule has 1 heterocycles. The predicted molar refractivity (Wildman–Crippen MR) is 87.5 cm³/mol. The van der Waals surface area contributed by atoms with Crippen LogP contribution in [0.3, 0.4) is 0 Å². The van der Waals surface area contributed by atoms with Gasteiger partial charge in [0.2, 0.25) is 0 Å². The van der Waals surface area contributed by atoms with Crippen molar-refractivity contribution in [2.24, 2.45) is 4.99 Å². The molecule has 0 fully saturated rings. The molecule has 0 bridgehead atoms. The van der Waals surface area contributed by atoms with Gasteiger partial charge in [-0.3, -0.25) is 15.1 Å². The Morgan fingerprint density at radius 1 is 1.32 bits per heavy atom. The number of halogens is 2. The van der Waals surface area contributed by atoms with Gasteiger partial charge >= 0.3 is 0 Å². The van der Waals surface area contributed by atoms with E-state index in [1.807, 2.05) is 0 Å². The van der Waals surface area contributed by atoms with Crippen molar-refractivity contribution in [3.05, 3.63) is 58.9 Å². The second kappa shape index (κ2) is 6.57. The molecule has 1 amide bonds. The van der Waals surface area contributed by atoms with Crippen LogP contribution in [0.1, 0.15) is 10.4 Å². The quantitative estimate of drug-likeness (QED) is 0.734. The van der Waals surface area contributed by atoms with Crippen molar-refractivity contribution in [1.82, 2.24) is 10.6 Å². The molecule has 0 atom stereocenters. The summed E-state index contributed by atoms with van der Waals surface area (Å²) >= 11 is 0. The van der Waals surface area contributed by atoms with Crippen LogP contribution in [0.2, 0.25) is 0 Å². The third-order valence-electron chi connectivity index (χ3n) is 3.64. The molecular formula is C17H12F2N4O2. The average Bonchev–Trinajstić information content (AvgIpc) is 3.10. The summed E-state index contributed by atoms with van der Waals surface area (Å²) < 4.78 is 27.9. The molecule has 0 saturated heterocycles. The molecule has 0 aliphatic carbocycles. The highest BCUT2D eigenvalue weighted by Gasteiger charge is 2.25. The lowest BCUT2D eigenvalue weighted by Gasteiger charge is -2.15. The van der Waals surface area contributed by atoms with Crippen LogP contribution in [0.5, 0.6) is 5.75 Å². The lowest BCUT2D eigenvalue weighted by Crippen LogP contribution is -2.38. The van der Waals surface area contributed by atoms with Crippen LogP contribution in [-0.4, -0.2) is 30.1 Å². The van der Waals surface area contributed by atoms with E-state index in [2.05, 4.69) is 20.5 Å². The van der Waals surface area contributed by atoms with Crippen LogP contribution in [0.25, 0.3) is 16.0 Å². The molecule has 0 radical (unpaired) electrons. The smallest absolute Gasteiger partial charge is 0.261 e. The molecular weight excluding hydrogens is 330 g/mol. The second-order valence-electron chi connectivity index (χ2n) is 5.18. The first kappa shape index (κ1) is 16.4. The van der Waals surface area contributed by atoms with Gasteiger partial charge in [0.1, 0.15) is 5.75 Å². The van der Waals surface area contributed by atoms with Crippen molar-refractivity contribution in [3.8, 4) is 16.9 Å². The number of hydrogen-bond acceptors (Lipinski definition) is 4. The van der Waals surface area contributed by atoms with Gasteiger partial charge in [-0.15, -0.1) is 0 Å². The topological polar surface area (TPSA) is 78.1 Å². The highest BCUT2D eigenvalue weighted by atomic mass is 19.2. The Kier molecular flexibility index (Phi) is 4.31. The summed E-state index contributed by atoms with van der Waals surface area (Å²) in [4.78, 5) is 19.8. The molecule has 1 aliphatic rings. The van der Waals surface area contributed by atoms with Crippen molar-refractivity contribution < 1.29 is 18.7 Å². The number of carbonyl (C=O) groups is 1. The molecule has 2 aromatic carbocycles. The van der Waals surface area contributed by atoms with Crippen molar-refractivity contribution in [2.75, 3.05) is 13.1 Å². The van der Waals surface area contributed by atoms with E-state index >= 15 is 0 Å². The lowest BCUT2D eigenvalue weighted by molar-refractivity contribution is 0.0974. The van der Waals surface area contributed by atoms with E-state index in [4.69, 9.17) is 6.57 Å². The number of benzene rings is 2. The van der Waals surface area contributed by atoms with E-state index in [-0.39, 0.29) is 28.3 Å². The summed E-state index contributed by atoms with van der Waals surface area (Å²) in [6.45, 7) is 8.28. The molecule has 0 aromatic heterocycles. The van der Waals surface area contributed by atoms with Gasteiger partial charge < -0.3 is 10.4 Å². The minimum absolute atomic E-state index is 0.0891. The molecule has 3 rings (SSSR count).